The highest BCUT2D eigenvalue weighted by Crippen LogP contribution is 2.38. The second-order valence-corrected chi connectivity index (χ2v) is 6.67. The van der Waals surface area contributed by atoms with E-state index in [0.717, 1.165) is 5.56 Å². The van der Waals surface area contributed by atoms with E-state index in [2.05, 4.69) is 10.3 Å². The van der Waals surface area contributed by atoms with Crippen molar-refractivity contribution in [2.45, 2.75) is 31.6 Å². The van der Waals surface area contributed by atoms with E-state index < -0.39 is 16.8 Å². The number of phenolic OH excluding ortho intramolecular Hbond substituents is 1. The van der Waals surface area contributed by atoms with Crippen molar-refractivity contribution in [3.63, 3.8) is 0 Å². The summed E-state index contributed by atoms with van der Waals surface area (Å²) < 4.78 is -0.506. The van der Waals surface area contributed by atoms with Crippen molar-refractivity contribution < 1.29 is 15.0 Å². The molecule has 0 saturated carbocycles. The molecule has 0 bridgehead atoms. The third kappa shape index (κ3) is 2.84. The van der Waals surface area contributed by atoms with Crippen LogP contribution in [0, 0.1) is 6.92 Å². The molecule has 102 valence electrons. The number of rotatable bonds is 2. The number of benzene rings is 1. The lowest BCUT2D eigenvalue weighted by molar-refractivity contribution is -0.138. The molecule has 1 aromatic rings. The van der Waals surface area contributed by atoms with Crippen LogP contribution < -0.4 is 5.32 Å². The summed E-state index contributed by atoms with van der Waals surface area (Å²) in [6, 6.07) is 4.40. The minimum absolute atomic E-state index is 0.116. The first-order chi connectivity index (χ1) is 8.79. The van der Waals surface area contributed by atoms with Gasteiger partial charge in [0.05, 0.1) is 10.4 Å². The van der Waals surface area contributed by atoms with E-state index in [1.807, 2.05) is 20.8 Å². The standard InChI is InChI=1S/C13H16N2O3S/c1-7-4-5-9(16)8(6-7)14-12-15-10(11(17)18)13(2,3)19-12/h4-6,10,16H,1-3H3,(H,14,15)(H,17,18). The van der Waals surface area contributed by atoms with Crippen molar-refractivity contribution in [3.8, 4) is 5.75 Å². The minimum Gasteiger partial charge on any atom is -0.506 e. The van der Waals surface area contributed by atoms with Crippen molar-refractivity contribution in [1.82, 2.24) is 0 Å². The number of hydrogen-bond acceptors (Lipinski definition) is 5. The molecule has 0 spiro atoms. The number of nitrogens with zero attached hydrogens (tertiary/aromatic N) is 1. The normalized spacial score (nSPS) is 21.0. The number of aliphatic imine (C=N–C) groups is 1. The second kappa shape index (κ2) is 4.77. The zero-order valence-corrected chi connectivity index (χ0v) is 11.8. The van der Waals surface area contributed by atoms with E-state index in [0.29, 0.717) is 10.9 Å². The third-order valence-corrected chi connectivity index (χ3v) is 4.04. The zero-order valence-electron chi connectivity index (χ0n) is 11.0. The van der Waals surface area contributed by atoms with Crippen LogP contribution in [0.3, 0.4) is 0 Å². The predicted molar refractivity (Wildman–Crippen MR) is 77.0 cm³/mol. The fraction of sp³-hybridized carbons (Fsp3) is 0.385. The van der Waals surface area contributed by atoms with Crippen LogP contribution in [0.15, 0.2) is 23.2 Å². The molecule has 1 aliphatic rings. The predicted octanol–water partition coefficient (Wildman–Crippen LogP) is 2.45. The number of carboxylic acid groups (broad SMARTS) is 1. The van der Waals surface area contributed by atoms with Crippen LogP contribution >= 0.6 is 11.8 Å². The second-order valence-electron chi connectivity index (χ2n) is 5.03. The Kier molecular flexibility index (Phi) is 3.45. The number of carboxylic acids is 1. The Morgan fingerprint density at radius 2 is 2.16 bits per heavy atom. The van der Waals surface area contributed by atoms with Gasteiger partial charge in [0, 0.05) is 0 Å². The van der Waals surface area contributed by atoms with E-state index in [4.69, 9.17) is 5.11 Å². The summed E-state index contributed by atoms with van der Waals surface area (Å²) in [5.74, 6) is -0.826. The van der Waals surface area contributed by atoms with Gasteiger partial charge >= 0.3 is 5.97 Å². The molecular weight excluding hydrogens is 264 g/mol. The molecule has 5 nitrogen and oxygen atoms in total. The summed E-state index contributed by atoms with van der Waals surface area (Å²) in [6.07, 6.45) is 0. The molecule has 3 N–H and O–H groups in total. The topological polar surface area (TPSA) is 81.9 Å². The molecule has 0 aromatic heterocycles. The molecule has 6 heteroatoms. The van der Waals surface area contributed by atoms with Crippen molar-refractivity contribution in [2.75, 3.05) is 5.32 Å². The fourth-order valence-electron chi connectivity index (χ4n) is 1.88. The average Bonchev–Trinajstić information content (AvgIpc) is 2.59. The number of nitrogens with one attached hydrogen (secondary N) is 1. The van der Waals surface area contributed by atoms with Crippen LogP contribution in [-0.2, 0) is 4.79 Å². The summed E-state index contributed by atoms with van der Waals surface area (Å²) >= 11 is 1.36. The molecular formula is C13H16N2O3S. The summed E-state index contributed by atoms with van der Waals surface area (Å²) in [4.78, 5) is 15.3. The highest BCUT2D eigenvalue weighted by Gasteiger charge is 2.42. The van der Waals surface area contributed by atoms with E-state index in [-0.39, 0.29) is 5.75 Å². The van der Waals surface area contributed by atoms with Gasteiger partial charge in [-0.05, 0) is 38.5 Å². The quantitative estimate of drug-likeness (QED) is 0.725. The third-order valence-electron chi connectivity index (χ3n) is 2.89. The molecule has 2 rings (SSSR count). The first-order valence-corrected chi connectivity index (χ1v) is 6.67. The maximum absolute atomic E-state index is 11.1. The molecule has 0 aliphatic carbocycles. The number of aliphatic carboxylic acids is 1. The van der Waals surface area contributed by atoms with Gasteiger partial charge in [-0.1, -0.05) is 17.8 Å². The molecule has 1 aromatic carbocycles. The zero-order chi connectivity index (χ0) is 14.2. The molecule has 0 radical (unpaired) electrons. The molecule has 1 unspecified atom stereocenters. The van der Waals surface area contributed by atoms with Gasteiger partial charge in [-0.25, -0.2) is 9.79 Å². The lowest BCUT2D eigenvalue weighted by Gasteiger charge is -2.20. The molecule has 1 atom stereocenters. The average molecular weight is 280 g/mol. The lowest BCUT2D eigenvalue weighted by atomic mass is 10.0. The number of thioether (sulfide) groups is 1. The summed E-state index contributed by atoms with van der Waals surface area (Å²) in [7, 11) is 0. The van der Waals surface area contributed by atoms with Crippen molar-refractivity contribution >= 4 is 28.6 Å². The van der Waals surface area contributed by atoms with Gasteiger partial charge < -0.3 is 15.5 Å². The number of hydrogen-bond donors (Lipinski definition) is 3. The maximum atomic E-state index is 11.1. The first kappa shape index (κ1) is 13.7. The van der Waals surface area contributed by atoms with Crippen LogP contribution in [0.2, 0.25) is 0 Å². The fourth-order valence-corrected chi connectivity index (χ4v) is 2.96. The maximum Gasteiger partial charge on any atom is 0.329 e. The van der Waals surface area contributed by atoms with Crippen LogP contribution in [0.25, 0.3) is 0 Å². The van der Waals surface area contributed by atoms with Gasteiger partial charge in [0.1, 0.15) is 5.75 Å². The molecule has 1 heterocycles. The Bertz CT molecular complexity index is 555. The monoisotopic (exact) mass is 280 g/mol. The van der Waals surface area contributed by atoms with Gasteiger partial charge in [-0.2, -0.15) is 0 Å². The smallest absolute Gasteiger partial charge is 0.329 e. The van der Waals surface area contributed by atoms with Gasteiger partial charge in [0.15, 0.2) is 11.2 Å². The van der Waals surface area contributed by atoms with Gasteiger partial charge in [0.25, 0.3) is 0 Å². The minimum atomic E-state index is -0.942. The van der Waals surface area contributed by atoms with Gasteiger partial charge in [0.2, 0.25) is 0 Å². The van der Waals surface area contributed by atoms with Crippen LogP contribution in [0.5, 0.6) is 5.75 Å². The molecule has 19 heavy (non-hydrogen) atoms. The number of aryl methyl sites for hydroxylation is 1. The SMILES string of the molecule is Cc1ccc(O)c(NC2=NC(C(=O)O)C(C)(C)S2)c1. The number of amidine groups is 1. The summed E-state index contributed by atoms with van der Waals surface area (Å²) in [6.45, 7) is 5.59. The first-order valence-electron chi connectivity index (χ1n) is 5.86. The van der Waals surface area contributed by atoms with Crippen LogP contribution in [0.4, 0.5) is 5.69 Å². The number of carbonyl (C=O) groups is 1. The van der Waals surface area contributed by atoms with E-state index in [1.54, 1.807) is 18.2 Å². The van der Waals surface area contributed by atoms with E-state index in [9.17, 15) is 9.90 Å². The van der Waals surface area contributed by atoms with E-state index >= 15 is 0 Å². The highest BCUT2D eigenvalue weighted by atomic mass is 32.2. The molecule has 0 saturated heterocycles. The van der Waals surface area contributed by atoms with Crippen molar-refractivity contribution in [3.05, 3.63) is 23.8 Å². The lowest BCUT2D eigenvalue weighted by Crippen LogP contribution is -2.34. The number of aromatic hydroxyl groups is 1. The van der Waals surface area contributed by atoms with Crippen molar-refractivity contribution in [1.29, 1.82) is 0 Å². The van der Waals surface area contributed by atoms with Crippen molar-refractivity contribution in [2.24, 2.45) is 4.99 Å². The van der Waals surface area contributed by atoms with Gasteiger partial charge in [-0.15, -0.1) is 0 Å². The van der Waals surface area contributed by atoms with E-state index in [1.165, 1.54) is 11.8 Å². The molecule has 0 amide bonds. The Morgan fingerprint density at radius 1 is 1.47 bits per heavy atom. The summed E-state index contributed by atoms with van der Waals surface area (Å²) in [5, 5.41) is 22.4. The Balaban J connectivity index is 2.23. The van der Waals surface area contributed by atoms with Crippen LogP contribution in [0.1, 0.15) is 19.4 Å². The van der Waals surface area contributed by atoms with Crippen LogP contribution in [-0.4, -0.2) is 32.1 Å². The highest BCUT2D eigenvalue weighted by molar-refractivity contribution is 8.15. The Morgan fingerprint density at radius 3 is 2.74 bits per heavy atom. The number of anilines is 1. The number of phenols is 1. The Labute approximate surface area is 115 Å². The summed E-state index contributed by atoms with van der Waals surface area (Å²) in [5.41, 5.74) is 1.53. The largest absolute Gasteiger partial charge is 0.506 e. The van der Waals surface area contributed by atoms with Gasteiger partial charge in [-0.3, -0.25) is 0 Å². The Hall–Kier alpha value is -1.69. The molecule has 0 fully saturated rings. The molecule has 1 aliphatic heterocycles.